The van der Waals surface area contributed by atoms with Crippen molar-refractivity contribution in [2.75, 3.05) is 31.5 Å². The maximum Gasteiger partial charge on any atom is 0.314 e. The molecule has 0 bridgehead atoms. The first kappa shape index (κ1) is 16.2. The Balaban J connectivity index is 2.33. The number of hydrogen-bond donors (Lipinski definition) is 2. The molecule has 0 unspecified atom stereocenters. The number of anilines is 1. The van der Waals surface area contributed by atoms with Crippen LogP contribution in [0, 0.1) is 0 Å². The van der Waals surface area contributed by atoms with Gasteiger partial charge in [-0.2, -0.15) is 0 Å². The van der Waals surface area contributed by atoms with Crippen LogP contribution in [-0.4, -0.2) is 43.4 Å². The van der Waals surface area contributed by atoms with E-state index in [-0.39, 0.29) is 5.91 Å². The SMILES string of the molecule is CCN(CC)CCCNC(=O)c1ccc(N[C]=O)cc1. The molecule has 0 aromatic heterocycles. The molecule has 1 aromatic rings. The summed E-state index contributed by atoms with van der Waals surface area (Å²) in [6, 6.07) is 6.71. The van der Waals surface area contributed by atoms with Crippen LogP contribution in [0.3, 0.4) is 0 Å². The molecule has 5 heteroatoms. The van der Waals surface area contributed by atoms with Crippen molar-refractivity contribution >= 4 is 18.0 Å². The second kappa shape index (κ2) is 9.09. The number of rotatable bonds is 9. The zero-order chi connectivity index (χ0) is 14.8. The zero-order valence-electron chi connectivity index (χ0n) is 12.1. The lowest BCUT2D eigenvalue weighted by Crippen LogP contribution is -2.29. The Hall–Kier alpha value is -1.88. The summed E-state index contributed by atoms with van der Waals surface area (Å²) in [7, 11) is 0. The molecule has 1 rings (SSSR count). The van der Waals surface area contributed by atoms with Crippen LogP contribution >= 0.6 is 0 Å². The van der Waals surface area contributed by atoms with Crippen LogP contribution in [0.25, 0.3) is 0 Å². The van der Waals surface area contributed by atoms with Gasteiger partial charge < -0.3 is 15.5 Å². The monoisotopic (exact) mass is 276 g/mol. The Kier molecular flexibility index (Phi) is 7.35. The zero-order valence-corrected chi connectivity index (χ0v) is 12.1. The van der Waals surface area contributed by atoms with E-state index in [2.05, 4.69) is 29.4 Å². The molecule has 0 fully saturated rings. The Morgan fingerprint density at radius 1 is 1.20 bits per heavy atom. The van der Waals surface area contributed by atoms with Gasteiger partial charge in [0.05, 0.1) is 0 Å². The van der Waals surface area contributed by atoms with Gasteiger partial charge in [-0.25, -0.2) is 0 Å². The van der Waals surface area contributed by atoms with E-state index in [0.717, 1.165) is 26.1 Å². The van der Waals surface area contributed by atoms with E-state index in [1.807, 2.05) is 0 Å². The summed E-state index contributed by atoms with van der Waals surface area (Å²) in [6.45, 7) is 7.99. The van der Waals surface area contributed by atoms with Crippen molar-refractivity contribution in [2.45, 2.75) is 20.3 Å². The predicted octanol–water partition coefficient (Wildman–Crippen LogP) is 1.63. The Morgan fingerprint density at radius 3 is 2.40 bits per heavy atom. The van der Waals surface area contributed by atoms with E-state index in [9.17, 15) is 9.59 Å². The summed E-state index contributed by atoms with van der Waals surface area (Å²) in [5.41, 5.74) is 1.21. The number of carbonyl (C=O) groups excluding carboxylic acids is 2. The first-order valence-corrected chi connectivity index (χ1v) is 6.95. The summed E-state index contributed by atoms with van der Waals surface area (Å²) in [5, 5.41) is 5.30. The fourth-order valence-electron chi connectivity index (χ4n) is 1.91. The number of nitrogens with zero attached hydrogens (tertiary/aromatic N) is 1. The summed E-state index contributed by atoms with van der Waals surface area (Å²) in [5.74, 6) is -0.0915. The molecule has 1 radical (unpaired) electrons. The van der Waals surface area contributed by atoms with Crippen LogP contribution in [0.5, 0.6) is 0 Å². The minimum absolute atomic E-state index is 0.0915. The van der Waals surface area contributed by atoms with Crippen molar-refractivity contribution in [2.24, 2.45) is 0 Å². The summed E-state index contributed by atoms with van der Waals surface area (Å²) in [4.78, 5) is 24.3. The fraction of sp³-hybridized carbons (Fsp3) is 0.467. The maximum absolute atomic E-state index is 11.9. The smallest absolute Gasteiger partial charge is 0.314 e. The Bertz CT molecular complexity index is 414. The molecule has 0 aliphatic heterocycles. The fourth-order valence-corrected chi connectivity index (χ4v) is 1.91. The second-order valence-corrected chi connectivity index (χ2v) is 4.44. The lowest BCUT2D eigenvalue weighted by Gasteiger charge is -2.17. The topological polar surface area (TPSA) is 61.4 Å². The molecule has 2 N–H and O–H groups in total. The molecule has 109 valence electrons. The van der Waals surface area contributed by atoms with Gasteiger partial charge in [0, 0.05) is 17.8 Å². The van der Waals surface area contributed by atoms with Crippen molar-refractivity contribution in [1.29, 1.82) is 0 Å². The van der Waals surface area contributed by atoms with E-state index in [1.54, 1.807) is 30.7 Å². The van der Waals surface area contributed by atoms with Gasteiger partial charge in [0.15, 0.2) is 0 Å². The maximum atomic E-state index is 11.9. The summed E-state index contributed by atoms with van der Waals surface area (Å²) in [6.07, 6.45) is 2.53. The van der Waals surface area contributed by atoms with Gasteiger partial charge in [-0.05, 0) is 50.3 Å². The van der Waals surface area contributed by atoms with Crippen LogP contribution in [0.2, 0.25) is 0 Å². The van der Waals surface area contributed by atoms with Crippen molar-refractivity contribution in [3.8, 4) is 0 Å². The van der Waals surface area contributed by atoms with E-state index >= 15 is 0 Å². The highest BCUT2D eigenvalue weighted by molar-refractivity contribution is 5.94. The third-order valence-corrected chi connectivity index (χ3v) is 3.17. The first-order chi connectivity index (χ1) is 9.71. The largest absolute Gasteiger partial charge is 0.352 e. The van der Waals surface area contributed by atoms with E-state index < -0.39 is 0 Å². The van der Waals surface area contributed by atoms with Crippen molar-refractivity contribution < 1.29 is 9.59 Å². The van der Waals surface area contributed by atoms with Crippen LogP contribution in [0.1, 0.15) is 30.6 Å². The standard InChI is InChI=1S/C15H22N3O2/c1-3-18(4-2)11-5-10-16-15(20)13-6-8-14(9-7-13)17-12-19/h6-9H,3-5,10-11H2,1-2H3,(H,16,20)(H,17,19). The number of nitrogens with one attached hydrogen (secondary N) is 2. The average molecular weight is 276 g/mol. The van der Waals surface area contributed by atoms with Crippen LogP contribution in [-0.2, 0) is 4.79 Å². The second-order valence-electron chi connectivity index (χ2n) is 4.44. The van der Waals surface area contributed by atoms with Gasteiger partial charge in [-0.1, -0.05) is 13.8 Å². The van der Waals surface area contributed by atoms with Gasteiger partial charge in [-0.15, -0.1) is 0 Å². The first-order valence-electron chi connectivity index (χ1n) is 6.95. The summed E-state index contributed by atoms with van der Waals surface area (Å²) >= 11 is 0. The molecule has 2 amide bonds. The van der Waals surface area contributed by atoms with E-state index in [1.165, 1.54) is 0 Å². The van der Waals surface area contributed by atoms with Gasteiger partial charge in [0.1, 0.15) is 0 Å². The lowest BCUT2D eigenvalue weighted by atomic mass is 10.2. The summed E-state index contributed by atoms with van der Waals surface area (Å²) < 4.78 is 0. The van der Waals surface area contributed by atoms with Crippen molar-refractivity contribution in [1.82, 2.24) is 10.2 Å². The highest BCUT2D eigenvalue weighted by Gasteiger charge is 2.05. The van der Waals surface area contributed by atoms with Gasteiger partial charge in [-0.3, -0.25) is 9.59 Å². The van der Waals surface area contributed by atoms with Crippen LogP contribution < -0.4 is 10.6 Å². The minimum Gasteiger partial charge on any atom is -0.352 e. The molecule has 1 aromatic carbocycles. The molecule has 0 spiro atoms. The van der Waals surface area contributed by atoms with Crippen molar-refractivity contribution in [3.63, 3.8) is 0 Å². The lowest BCUT2D eigenvalue weighted by molar-refractivity contribution is 0.0952. The molecular weight excluding hydrogens is 254 g/mol. The van der Waals surface area contributed by atoms with E-state index in [4.69, 9.17) is 0 Å². The van der Waals surface area contributed by atoms with Crippen LogP contribution in [0.15, 0.2) is 24.3 Å². The molecule has 0 atom stereocenters. The predicted molar refractivity (Wildman–Crippen MR) is 80.5 cm³/mol. The molecule has 0 saturated heterocycles. The molecule has 0 saturated carbocycles. The number of amides is 2. The minimum atomic E-state index is -0.0915. The quantitative estimate of drug-likeness (QED) is 0.532. The van der Waals surface area contributed by atoms with Gasteiger partial charge in [0.25, 0.3) is 5.91 Å². The van der Waals surface area contributed by atoms with E-state index in [0.29, 0.717) is 17.8 Å². The number of carbonyl (C=O) groups is 1. The molecule has 0 aliphatic carbocycles. The molecule has 0 heterocycles. The molecular formula is C15H22N3O2. The molecule has 20 heavy (non-hydrogen) atoms. The Morgan fingerprint density at radius 2 is 1.85 bits per heavy atom. The number of benzene rings is 1. The number of hydrogen-bond acceptors (Lipinski definition) is 3. The van der Waals surface area contributed by atoms with Crippen molar-refractivity contribution in [3.05, 3.63) is 29.8 Å². The Labute approximate surface area is 120 Å². The van der Waals surface area contributed by atoms with Gasteiger partial charge >= 0.3 is 6.41 Å². The highest BCUT2D eigenvalue weighted by atomic mass is 16.1. The highest BCUT2D eigenvalue weighted by Crippen LogP contribution is 2.08. The van der Waals surface area contributed by atoms with Gasteiger partial charge in [0.2, 0.25) is 0 Å². The molecule has 5 nitrogen and oxygen atoms in total. The molecule has 0 aliphatic rings. The van der Waals surface area contributed by atoms with Crippen LogP contribution in [0.4, 0.5) is 5.69 Å². The normalized spacial score (nSPS) is 10.3. The third kappa shape index (κ3) is 5.40. The third-order valence-electron chi connectivity index (χ3n) is 3.17. The average Bonchev–Trinajstić information content (AvgIpc) is 2.48.